The van der Waals surface area contributed by atoms with Crippen LogP contribution in [0.25, 0.3) is 0 Å². The Morgan fingerprint density at radius 2 is 1.63 bits per heavy atom. The van der Waals surface area contributed by atoms with Crippen molar-refractivity contribution in [1.29, 1.82) is 0 Å². The molecule has 0 aromatic heterocycles. The molecule has 0 aliphatic carbocycles. The van der Waals surface area contributed by atoms with Crippen molar-refractivity contribution < 1.29 is 4.74 Å². The second-order valence-corrected chi connectivity index (χ2v) is 4.80. The number of benzene rings is 2. The van der Waals surface area contributed by atoms with Crippen molar-refractivity contribution in [3.05, 3.63) is 65.2 Å². The molecule has 19 heavy (non-hydrogen) atoms. The number of hydrogen-bond acceptors (Lipinski definition) is 2. The fourth-order valence-corrected chi connectivity index (χ4v) is 2.07. The van der Waals surface area contributed by atoms with E-state index in [0.717, 1.165) is 12.2 Å². The Labute approximate surface area is 115 Å². The van der Waals surface area contributed by atoms with Gasteiger partial charge in [-0.3, -0.25) is 0 Å². The number of nitrogens with two attached hydrogens (primary N) is 1. The number of aryl methyl sites for hydroxylation is 1. The van der Waals surface area contributed by atoms with Gasteiger partial charge in [0.1, 0.15) is 5.75 Å². The van der Waals surface area contributed by atoms with Crippen molar-refractivity contribution >= 4 is 0 Å². The molecular formula is C17H21NO. The molecule has 0 saturated heterocycles. The summed E-state index contributed by atoms with van der Waals surface area (Å²) in [6.45, 7) is 4.77. The van der Waals surface area contributed by atoms with Crippen molar-refractivity contribution in [2.75, 3.05) is 6.61 Å². The largest absolute Gasteiger partial charge is 0.494 e. The molecule has 0 spiro atoms. The molecule has 0 bridgehead atoms. The zero-order valence-corrected chi connectivity index (χ0v) is 11.6. The first-order valence-electron chi connectivity index (χ1n) is 6.73. The van der Waals surface area contributed by atoms with Crippen LogP contribution < -0.4 is 10.5 Å². The summed E-state index contributed by atoms with van der Waals surface area (Å²) in [5, 5.41) is 0. The Morgan fingerprint density at radius 3 is 2.21 bits per heavy atom. The van der Waals surface area contributed by atoms with Crippen LogP contribution >= 0.6 is 0 Å². The first-order chi connectivity index (χ1) is 9.19. The van der Waals surface area contributed by atoms with Crippen molar-refractivity contribution in [2.45, 2.75) is 26.3 Å². The zero-order chi connectivity index (χ0) is 13.7. The van der Waals surface area contributed by atoms with E-state index >= 15 is 0 Å². The van der Waals surface area contributed by atoms with E-state index in [1.165, 1.54) is 16.7 Å². The molecule has 0 fully saturated rings. The van der Waals surface area contributed by atoms with Crippen molar-refractivity contribution in [2.24, 2.45) is 5.73 Å². The van der Waals surface area contributed by atoms with Crippen molar-refractivity contribution in [3.63, 3.8) is 0 Å². The number of rotatable bonds is 5. The van der Waals surface area contributed by atoms with Crippen LogP contribution in [-0.4, -0.2) is 6.61 Å². The average molecular weight is 255 g/mol. The molecule has 1 unspecified atom stereocenters. The molecule has 2 aromatic carbocycles. The Hall–Kier alpha value is -1.80. The fourth-order valence-electron chi connectivity index (χ4n) is 2.07. The molecule has 100 valence electrons. The molecule has 2 heteroatoms. The van der Waals surface area contributed by atoms with Crippen LogP contribution in [0.15, 0.2) is 48.5 Å². The lowest BCUT2D eigenvalue weighted by Gasteiger charge is -2.13. The van der Waals surface area contributed by atoms with E-state index in [2.05, 4.69) is 43.3 Å². The second-order valence-electron chi connectivity index (χ2n) is 4.80. The van der Waals surface area contributed by atoms with E-state index in [1.54, 1.807) is 0 Å². The van der Waals surface area contributed by atoms with Gasteiger partial charge in [-0.1, -0.05) is 42.0 Å². The molecule has 2 aromatic rings. The summed E-state index contributed by atoms with van der Waals surface area (Å²) >= 11 is 0. The minimum atomic E-state index is 0.0403. The van der Waals surface area contributed by atoms with E-state index in [4.69, 9.17) is 10.5 Å². The van der Waals surface area contributed by atoms with E-state index in [0.29, 0.717) is 6.61 Å². The maximum atomic E-state index is 6.24. The quantitative estimate of drug-likeness (QED) is 0.885. The summed E-state index contributed by atoms with van der Waals surface area (Å²) in [7, 11) is 0. The van der Waals surface area contributed by atoms with Crippen LogP contribution in [0.1, 0.15) is 29.7 Å². The third-order valence-corrected chi connectivity index (χ3v) is 3.20. The molecule has 0 amide bonds. The second kappa shape index (κ2) is 6.39. The Balaban J connectivity index is 2.01. The minimum absolute atomic E-state index is 0.0403. The van der Waals surface area contributed by atoms with Crippen molar-refractivity contribution in [3.8, 4) is 5.75 Å². The maximum absolute atomic E-state index is 6.24. The Bertz CT molecular complexity index is 502. The van der Waals surface area contributed by atoms with Gasteiger partial charge in [0.15, 0.2) is 0 Å². The molecular weight excluding hydrogens is 234 g/mol. The van der Waals surface area contributed by atoms with E-state index in [1.807, 2.05) is 19.1 Å². The lowest BCUT2D eigenvalue weighted by Crippen LogP contribution is -2.13. The Kier molecular flexibility index (Phi) is 4.58. The highest BCUT2D eigenvalue weighted by molar-refractivity contribution is 5.30. The smallest absolute Gasteiger partial charge is 0.119 e. The monoisotopic (exact) mass is 255 g/mol. The van der Waals surface area contributed by atoms with Gasteiger partial charge in [-0.25, -0.2) is 0 Å². The minimum Gasteiger partial charge on any atom is -0.494 e. The average Bonchev–Trinajstić information content (AvgIpc) is 2.42. The highest BCUT2D eigenvalue weighted by atomic mass is 16.5. The summed E-state index contributed by atoms with van der Waals surface area (Å²) in [5.74, 6) is 0.912. The van der Waals surface area contributed by atoms with Crippen LogP contribution in [0, 0.1) is 6.92 Å². The van der Waals surface area contributed by atoms with Crippen LogP contribution in [-0.2, 0) is 6.42 Å². The maximum Gasteiger partial charge on any atom is 0.119 e. The first-order valence-corrected chi connectivity index (χ1v) is 6.73. The first kappa shape index (κ1) is 13.6. The molecule has 1 atom stereocenters. The zero-order valence-electron chi connectivity index (χ0n) is 11.6. The standard InChI is InChI=1S/C17H21NO/c1-3-19-16-10-6-14(7-11-16)12-17(18)15-8-4-13(2)5-9-15/h4-11,17H,3,12,18H2,1-2H3. The van der Waals surface area contributed by atoms with Gasteiger partial charge in [-0.05, 0) is 43.5 Å². The molecule has 0 heterocycles. The van der Waals surface area contributed by atoms with Gasteiger partial charge < -0.3 is 10.5 Å². The van der Waals surface area contributed by atoms with Crippen LogP contribution in [0.3, 0.4) is 0 Å². The normalized spacial score (nSPS) is 12.2. The molecule has 2 nitrogen and oxygen atoms in total. The molecule has 0 radical (unpaired) electrons. The molecule has 0 aliphatic heterocycles. The summed E-state index contributed by atoms with van der Waals surface area (Å²) in [6.07, 6.45) is 0.843. The van der Waals surface area contributed by atoms with Gasteiger partial charge in [0.25, 0.3) is 0 Å². The number of hydrogen-bond donors (Lipinski definition) is 1. The highest BCUT2D eigenvalue weighted by Gasteiger charge is 2.07. The van der Waals surface area contributed by atoms with E-state index in [-0.39, 0.29) is 6.04 Å². The molecule has 2 N–H and O–H groups in total. The SMILES string of the molecule is CCOc1ccc(CC(N)c2ccc(C)cc2)cc1. The summed E-state index contributed by atoms with van der Waals surface area (Å²) in [4.78, 5) is 0. The van der Waals surface area contributed by atoms with Gasteiger partial charge in [-0.2, -0.15) is 0 Å². The predicted molar refractivity (Wildman–Crippen MR) is 79.4 cm³/mol. The van der Waals surface area contributed by atoms with E-state index in [9.17, 15) is 0 Å². The van der Waals surface area contributed by atoms with Gasteiger partial charge >= 0.3 is 0 Å². The van der Waals surface area contributed by atoms with Crippen LogP contribution in [0.4, 0.5) is 0 Å². The lowest BCUT2D eigenvalue weighted by atomic mass is 9.99. The summed E-state index contributed by atoms with van der Waals surface area (Å²) in [5.41, 5.74) is 9.92. The van der Waals surface area contributed by atoms with Crippen molar-refractivity contribution in [1.82, 2.24) is 0 Å². The topological polar surface area (TPSA) is 35.2 Å². The summed E-state index contributed by atoms with van der Waals surface area (Å²) in [6, 6.07) is 16.6. The van der Waals surface area contributed by atoms with Crippen LogP contribution in [0.5, 0.6) is 5.75 Å². The molecule has 2 rings (SSSR count). The van der Waals surface area contributed by atoms with Gasteiger partial charge in [0, 0.05) is 6.04 Å². The highest BCUT2D eigenvalue weighted by Crippen LogP contribution is 2.19. The predicted octanol–water partition coefficient (Wildman–Crippen LogP) is 3.64. The Morgan fingerprint density at radius 1 is 1.00 bits per heavy atom. The van der Waals surface area contributed by atoms with Gasteiger partial charge in [0.05, 0.1) is 6.61 Å². The van der Waals surface area contributed by atoms with Gasteiger partial charge in [0.2, 0.25) is 0 Å². The summed E-state index contributed by atoms with van der Waals surface area (Å²) < 4.78 is 5.43. The van der Waals surface area contributed by atoms with E-state index < -0.39 is 0 Å². The lowest BCUT2D eigenvalue weighted by molar-refractivity contribution is 0.340. The molecule has 0 aliphatic rings. The molecule has 0 saturated carbocycles. The third-order valence-electron chi connectivity index (χ3n) is 3.20. The number of ether oxygens (including phenoxy) is 1. The third kappa shape index (κ3) is 3.83. The van der Waals surface area contributed by atoms with Crippen LogP contribution in [0.2, 0.25) is 0 Å². The van der Waals surface area contributed by atoms with Gasteiger partial charge in [-0.15, -0.1) is 0 Å². The fraction of sp³-hybridized carbons (Fsp3) is 0.294.